The lowest BCUT2D eigenvalue weighted by molar-refractivity contribution is 0.0691. The molecule has 0 unspecified atom stereocenters. The number of hydrogen-bond acceptors (Lipinski definition) is 3. The van der Waals surface area contributed by atoms with Crippen molar-refractivity contribution in [3.8, 4) is 0 Å². The highest BCUT2D eigenvalue weighted by Gasteiger charge is 2.42. The van der Waals surface area contributed by atoms with Gasteiger partial charge in [0.2, 0.25) is 0 Å². The summed E-state index contributed by atoms with van der Waals surface area (Å²) in [5.41, 5.74) is 3.49. The van der Waals surface area contributed by atoms with Crippen LogP contribution >= 0.6 is 22.9 Å². The molecule has 0 bridgehead atoms. The average Bonchev–Trinajstić information content (AvgIpc) is 3.21. The summed E-state index contributed by atoms with van der Waals surface area (Å²) in [6, 6.07) is 16.2. The fourth-order valence-electron chi connectivity index (χ4n) is 3.45. The molecule has 3 nitrogen and oxygen atoms in total. The quantitative estimate of drug-likeness (QED) is 0.748. The van der Waals surface area contributed by atoms with E-state index in [0.717, 1.165) is 23.4 Å². The monoisotopic (exact) mass is 355 g/mol. The van der Waals surface area contributed by atoms with Gasteiger partial charge in [0.15, 0.2) is 5.69 Å². The summed E-state index contributed by atoms with van der Waals surface area (Å²) in [4.78, 5) is 15.7. The van der Waals surface area contributed by atoms with Gasteiger partial charge in [-0.15, -0.1) is 11.3 Å². The van der Waals surface area contributed by atoms with Crippen molar-refractivity contribution in [2.24, 2.45) is 0 Å². The van der Waals surface area contributed by atoms with Crippen LogP contribution in [0, 0.1) is 0 Å². The van der Waals surface area contributed by atoms with E-state index in [1.807, 2.05) is 36.4 Å². The van der Waals surface area contributed by atoms with Crippen molar-refractivity contribution in [3.05, 3.63) is 86.3 Å². The van der Waals surface area contributed by atoms with Gasteiger partial charge in [-0.2, -0.15) is 0 Å². The second-order valence-electron chi connectivity index (χ2n) is 6.05. The van der Waals surface area contributed by atoms with Crippen molar-refractivity contribution >= 4 is 28.9 Å². The van der Waals surface area contributed by atoms with E-state index in [9.17, 15) is 9.90 Å². The van der Waals surface area contributed by atoms with Crippen molar-refractivity contribution in [1.29, 1.82) is 0 Å². The predicted octanol–water partition coefficient (Wildman–Crippen LogP) is 4.58. The number of carbonyl (C=O) groups is 1. The Morgan fingerprint density at radius 3 is 2.25 bits per heavy atom. The number of halogens is 1. The molecule has 1 heterocycles. The Labute approximate surface area is 148 Å². The number of nitrogens with zero attached hydrogens (tertiary/aromatic N) is 1. The van der Waals surface area contributed by atoms with Gasteiger partial charge in [-0.05, 0) is 41.7 Å². The fraction of sp³-hybridized carbons (Fsp3) is 0.158. The summed E-state index contributed by atoms with van der Waals surface area (Å²) in [5.74, 6) is -0.987. The molecule has 0 saturated carbocycles. The first-order valence-electron chi connectivity index (χ1n) is 7.61. The van der Waals surface area contributed by atoms with E-state index in [4.69, 9.17) is 11.6 Å². The molecule has 3 aromatic rings. The molecule has 5 heteroatoms. The number of carboxylic acid groups (broad SMARTS) is 1. The summed E-state index contributed by atoms with van der Waals surface area (Å²) >= 11 is 7.47. The molecule has 0 amide bonds. The van der Waals surface area contributed by atoms with E-state index in [-0.39, 0.29) is 11.1 Å². The van der Waals surface area contributed by atoms with Crippen LogP contribution in [-0.4, -0.2) is 16.1 Å². The highest BCUT2D eigenvalue weighted by Crippen LogP contribution is 2.46. The number of aromatic carboxylic acids is 1. The van der Waals surface area contributed by atoms with Gasteiger partial charge in [0.1, 0.15) is 5.01 Å². The zero-order valence-corrected chi connectivity index (χ0v) is 14.3. The molecule has 1 N–H and O–H groups in total. The Kier molecular flexibility index (Phi) is 3.66. The molecular formula is C19H14ClNO2S. The molecule has 0 aliphatic heterocycles. The Balaban J connectivity index is 1.87. The van der Waals surface area contributed by atoms with E-state index in [0.29, 0.717) is 5.02 Å². The lowest BCUT2D eigenvalue weighted by Crippen LogP contribution is -2.28. The third-order valence-corrected chi connectivity index (χ3v) is 5.93. The third-order valence-electron chi connectivity index (χ3n) is 4.63. The Morgan fingerprint density at radius 2 is 1.71 bits per heavy atom. The highest BCUT2D eigenvalue weighted by molar-refractivity contribution is 7.10. The van der Waals surface area contributed by atoms with Crippen LogP contribution in [0.5, 0.6) is 0 Å². The fourth-order valence-corrected chi connectivity index (χ4v) is 4.60. The van der Waals surface area contributed by atoms with Crippen LogP contribution in [0.2, 0.25) is 5.02 Å². The van der Waals surface area contributed by atoms with Crippen molar-refractivity contribution in [3.63, 3.8) is 0 Å². The summed E-state index contributed by atoms with van der Waals surface area (Å²) in [7, 11) is 0. The van der Waals surface area contributed by atoms with E-state index in [2.05, 4.69) is 17.1 Å². The first-order chi connectivity index (χ1) is 11.6. The average molecular weight is 356 g/mol. The summed E-state index contributed by atoms with van der Waals surface area (Å²) in [6.07, 6.45) is 1.63. The number of hydrogen-bond donors (Lipinski definition) is 1. The van der Waals surface area contributed by atoms with E-state index < -0.39 is 5.97 Å². The van der Waals surface area contributed by atoms with Crippen molar-refractivity contribution in [2.75, 3.05) is 0 Å². The number of rotatable bonds is 3. The number of aromatic nitrogens is 1. The minimum Gasteiger partial charge on any atom is -0.476 e. The summed E-state index contributed by atoms with van der Waals surface area (Å²) in [5, 5.41) is 12.4. The lowest BCUT2D eigenvalue weighted by atomic mass is 9.78. The number of benzene rings is 2. The molecule has 0 atom stereocenters. The SMILES string of the molecule is O=C(O)c1csc(C2(c3ccc(Cl)cc3)Cc3ccccc3C2)n1. The van der Waals surface area contributed by atoms with Crippen LogP contribution in [0.1, 0.15) is 32.2 Å². The minimum absolute atomic E-state index is 0.110. The van der Waals surface area contributed by atoms with Crippen molar-refractivity contribution in [1.82, 2.24) is 4.98 Å². The van der Waals surface area contributed by atoms with Crippen LogP contribution in [-0.2, 0) is 18.3 Å². The van der Waals surface area contributed by atoms with Gasteiger partial charge in [-0.25, -0.2) is 9.78 Å². The molecule has 120 valence electrons. The third kappa shape index (κ3) is 2.43. The zero-order chi connectivity index (χ0) is 16.7. The molecule has 0 fully saturated rings. The molecular weight excluding hydrogens is 342 g/mol. The number of thiazole rings is 1. The van der Waals surface area contributed by atoms with Gasteiger partial charge in [-0.3, -0.25) is 0 Å². The smallest absolute Gasteiger partial charge is 0.355 e. The van der Waals surface area contributed by atoms with Gasteiger partial charge in [-0.1, -0.05) is 48.0 Å². The molecule has 0 spiro atoms. The molecule has 24 heavy (non-hydrogen) atoms. The second kappa shape index (κ2) is 5.72. The molecule has 4 rings (SSSR count). The molecule has 1 aliphatic carbocycles. The van der Waals surface area contributed by atoms with Crippen molar-refractivity contribution in [2.45, 2.75) is 18.3 Å². The minimum atomic E-state index is -0.987. The molecule has 1 aliphatic rings. The summed E-state index contributed by atoms with van der Waals surface area (Å²) in [6.45, 7) is 0. The zero-order valence-electron chi connectivity index (χ0n) is 12.7. The van der Waals surface area contributed by atoms with Crippen molar-refractivity contribution < 1.29 is 9.90 Å². The van der Waals surface area contributed by atoms with Gasteiger partial charge in [0, 0.05) is 10.4 Å². The second-order valence-corrected chi connectivity index (χ2v) is 7.35. The number of carboxylic acids is 1. The Bertz CT molecular complexity index is 892. The normalized spacial score (nSPS) is 15.2. The van der Waals surface area contributed by atoms with Crippen LogP contribution < -0.4 is 0 Å². The van der Waals surface area contributed by atoms with Crippen LogP contribution in [0.3, 0.4) is 0 Å². The maximum Gasteiger partial charge on any atom is 0.355 e. The summed E-state index contributed by atoms with van der Waals surface area (Å²) < 4.78 is 0. The number of fused-ring (bicyclic) bond motifs is 1. The first-order valence-corrected chi connectivity index (χ1v) is 8.86. The predicted molar refractivity (Wildman–Crippen MR) is 95.2 cm³/mol. The maximum absolute atomic E-state index is 11.3. The Morgan fingerprint density at radius 1 is 1.08 bits per heavy atom. The van der Waals surface area contributed by atoms with Crippen LogP contribution in [0.15, 0.2) is 53.9 Å². The van der Waals surface area contributed by atoms with Crippen LogP contribution in [0.4, 0.5) is 0 Å². The lowest BCUT2D eigenvalue weighted by Gasteiger charge is -2.27. The highest BCUT2D eigenvalue weighted by atomic mass is 35.5. The molecule has 2 aromatic carbocycles. The maximum atomic E-state index is 11.3. The standard InChI is InChI=1S/C19H14ClNO2S/c20-15-7-5-14(6-8-15)19(18-21-16(11-24-18)17(22)23)9-12-3-1-2-4-13(12)10-19/h1-8,11H,9-10H2,(H,22,23). The van der Waals surface area contributed by atoms with E-state index >= 15 is 0 Å². The first kappa shape index (κ1) is 15.4. The van der Waals surface area contributed by atoms with Gasteiger partial charge in [0.25, 0.3) is 0 Å². The molecule has 0 radical (unpaired) electrons. The molecule has 0 saturated heterocycles. The van der Waals surface area contributed by atoms with Gasteiger partial charge in [0.05, 0.1) is 5.41 Å². The van der Waals surface area contributed by atoms with Crippen LogP contribution in [0.25, 0.3) is 0 Å². The van der Waals surface area contributed by atoms with Gasteiger partial charge >= 0.3 is 5.97 Å². The van der Waals surface area contributed by atoms with Gasteiger partial charge < -0.3 is 5.11 Å². The topological polar surface area (TPSA) is 50.2 Å². The largest absolute Gasteiger partial charge is 0.476 e. The van der Waals surface area contributed by atoms with E-state index in [1.54, 1.807) is 5.38 Å². The molecule has 1 aromatic heterocycles. The Hall–Kier alpha value is -2.17. The van der Waals surface area contributed by atoms with E-state index in [1.165, 1.54) is 22.5 Å².